The summed E-state index contributed by atoms with van der Waals surface area (Å²) in [5.41, 5.74) is 3.67. The minimum absolute atomic E-state index is 0.00497. The van der Waals surface area contributed by atoms with Crippen molar-refractivity contribution in [1.29, 1.82) is 0 Å². The van der Waals surface area contributed by atoms with Gasteiger partial charge in [0, 0.05) is 60.4 Å². The van der Waals surface area contributed by atoms with E-state index in [0.29, 0.717) is 42.8 Å². The van der Waals surface area contributed by atoms with E-state index >= 15 is 0 Å². The van der Waals surface area contributed by atoms with Crippen LogP contribution in [-0.4, -0.2) is 60.4 Å². The number of halogens is 1. The standard InChI is InChI=1S/C38H51ClN2O5S/c1-25-8-5-10-32(35(42)11-7-19-45-3)31-15-12-29(31)22-41-23-38(18-6-9-27-20-30(39)14-16-33(27)38)24-46-36-17-13-28(21-34(36)41)37(43)40-47(4,44)26(25)2/h13-14,16-17,20-21,25-26,29,31-32H,4-12,15,18-19,22-24H2,1-3H3,(H,40,43,44)/t25-,26+,29-,31+,32+,38-,47?/m0/s1. The Kier molecular flexibility index (Phi) is 10.3. The number of carbonyl (C=O) groups is 2. The number of ether oxygens (including phenoxy) is 2. The van der Waals surface area contributed by atoms with Gasteiger partial charge in [-0.2, -0.15) is 0 Å². The fourth-order valence-electron chi connectivity index (χ4n) is 8.66. The maximum atomic E-state index is 13.8. The molecule has 0 saturated heterocycles. The topological polar surface area (TPSA) is 84.9 Å². The van der Waals surface area contributed by atoms with Crippen LogP contribution in [0.4, 0.5) is 5.69 Å². The van der Waals surface area contributed by atoms with Gasteiger partial charge in [-0.15, -0.1) is 0 Å². The summed E-state index contributed by atoms with van der Waals surface area (Å²) in [7, 11) is -1.24. The Labute approximate surface area is 286 Å². The Bertz CT molecular complexity index is 1590. The highest BCUT2D eigenvalue weighted by molar-refractivity contribution is 7.99. The molecular formula is C38H51ClN2O5S. The Hall–Kier alpha value is -2.55. The number of nitrogens with one attached hydrogen (secondary N) is 1. The molecule has 1 N–H and O–H groups in total. The zero-order chi connectivity index (χ0) is 33.3. The summed E-state index contributed by atoms with van der Waals surface area (Å²) in [6, 6.07) is 11.8. The van der Waals surface area contributed by atoms with Crippen LogP contribution in [0.5, 0.6) is 5.75 Å². The number of methoxy groups -OCH3 is 1. The third kappa shape index (κ3) is 7.11. The summed E-state index contributed by atoms with van der Waals surface area (Å²) in [5, 5.41) is 0.440. The summed E-state index contributed by atoms with van der Waals surface area (Å²) >= 11 is 6.46. The molecule has 1 amide bonds. The highest BCUT2D eigenvalue weighted by atomic mass is 35.5. The lowest BCUT2D eigenvalue weighted by Crippen LogP contribution is -2.49. The number of Topliss-reactive ketones (excluding diaryl/α,β-unsaturated/α-hetero) is 1. The smallest absolute Gasteiger partial charge is 0.262 e. The molecule has 9 heteroatoms. The maximum Gasteiger partial charge on any atom is 0.262 e. The van der Waals surface area contributed by atoms with Gasteiger partial charge in [-0.1, -0.05) is 31.0 Å². The maximum absolute atomic E-state index is 13.8. The number of nitrogens with zero attached hydrogens (tertiary/aromatic N) is 1. The minimum Gasteiger partial charge on any atom is -0.490 e. The summed E-state index contributed by atoms with van der Waals surface area (Å²) < 4.78 is 28.6. The number of rotatable bonds is 5. The van der Waals surface area contributed by atoms with Crippen LogP contribution in [0, 0.1) is 23.7 Å². The van der Waals surface area contributed by atoms with Gasteiger partial charge >= 0.3 is 0 Å². The first-order chi connectivity index (χ1) is 22.5. The van der Waals surface area contributed by atoms with Gasteiger partial charge in [-0.05, 0) is 123 Å². The molecule has 6 rings (SSSR count). The molecule has 2 heterocycles. The van der Waals surface area contributed by atoms with Crippen LogP contribution in [0.15, 0.2) is 36.4 Å². The number of hydrogen-bond acceptors (Lipinski definition) is 6. The number of benzene rings is 2. The van der Waals surface area contributed by atoms with Gasteiger partial charge in [0.2, 0.25) is 0 Å². The van der Waals surface area contributed by atoms with Crippen molar-refractivity contribution in [2.24, 2.45) is 23.7 Å². The Morgan fingerprint density at radius 3 is 2.74 bits per heavy atom. The number of ketones is 1. The van der Waals surface area contributed by atoms with Crippen LogP contribution in [0.25, 0.3) is 0 Å². The van der Waals surface area contributed by atoms with Crippen molar-refractivity contribution >= 4 is 44.6 Å². The molecule has 7 atom stereocenters. The molecule has 2 aromatic rings. The molecule has 2 aromatic carbocycles. The summed E-state index contributed by atoms with van der Waals surface area (Å²) in [6.45, 7) is 6.66. The molecule has 4 aliphatic rings. The normalized spacial score (nSPS) is 32.6. The van der Waals surface area contributed by atoms with Crippen molar-refractivity contribution in [1.82, 2.24) is 4.72 Å². The van der Waals surface area contributed by atoms with Gasteiger partial charge in [-0.25, -0.2) is 4.21 Å². The number of aryl methyl sites for hydroxylation is 1. The van der Waals surface area contributed by atoms with Gasteiger partial charge in [0.25, 0.3) is 5.91 Å². The van der Waals surface area contributed by atoms with Crippen molar-refractivity contribution in [2.45, 2.75) is 88.7 Å². The quantitative estimate of drug-likeness (QED) is 0.270. The van der Waals surface area contributed by atoms with E-state index in [4.69, 9.17) is 21.1 Å². The Morgan fingerprint density at radius 1 is 1.15 bits per heavy atom. The molecule has 2 aliphatic carbocycles. The molecule has 1 spiro atoms. The molecule has 0 aromatic heterocycles. The lowest BCUT2D eigenvalue weighted by molar-refractivity contribution is -0.127. The second kappa shape index (κ2) is 14.1. The molecule has 256 valence electrons. The summed E-state index contributed by atoms with van der Waals surface area (Å²) in [5.74, 6) is 5.50. The first-order valence-corrected chi connectivity index (χ1v) is 19.7. The number of fused-ring (bicyclic) bond motifs is 4. The van der Waals surface area contributed by atoms with Crippen LogP contribution < -0.4 is 14.4 Å². The summed E-state index contributed by atoms with van der Waals surface area (Å²) in [6.07, 6.45) is 8.99. The Balaban J connectivity index is 1.40. The predicted octanol–water partition coefficient (Wildman–Crippen LogP) is 7.02. The number of amides is 1. The minimum atomic E-state index is -2.93. The van der Waals surface area contributed by atoms with E-state index in [1.54, 1.807) is 13.2 Å². The molecular weight excluding hydrogens is 632 g/mol. The van der Waals surface area contributed by atoms with Crippen molar-refractivity contribution in [3.63, 3.8) is 0 Å². The molecule has 1 saturated carbocycles. The van der Waals surface area contributed by atoms with E-state index < -0.39 is 9.71 Å². The van der Waals surface area contributed by atoms with Gasteiger partial charge in [0.05, 0.1) is 22.0 Å². The average Bonchev–Trinajstić information content (AvgIpc) is 3.18. The zero-order valence-corrected chi connectivity index (χ0v) is 29.8. The molecule has 47 heavy (non-hydrogen) atoms. The highest BCUT2D eigenvalue weighted by Crippen LogP contribution is 2.48. The van der Waals surface area contributed by atoms with Gasteiger partial charge in [0.15, 0.2) is 0 Å². The second-order valence-corrected chi connectivity index (χ2v) is 17.6. The third-order valence-electron chi connectivity index (χ3n) is 11.8. The largest absolute Gasteiger partial charge is 0.490 e. The van der Waals surface area contributed by atoms with Gasteiger partial charge in [0.1, 0.15) is 11.5 Å². The lowest BCUT2D eigenvalue weighted by atomic mass is 9.63. The van der Waals surface area contributed by atoms with Crippen molar-refractivity contribution in [2.75, 3.05) is 38.3 Å². The molecule has 2 bridgehead atoms. The fourth-order valence-corrected chi connectivity index (χ4v) is 10.4. The van der Waals surface area contributed by atoms with E-state index in [1.807, 2.05) is 25.1 Å². The van der Waals surface area contributed by atoms with Crippen molar-refractivity contribution in [3.8, 4) is 5.75 Å². The first kappa shape index (κ1) is 34.3. The van der Waals surface area contributed by atoms with Crippen LogP contribution >= 0.6 is 11.6 Å². The summed E-state index contributed by atoms with van der Waals surface area (Å²) in [4.78, 5) is 29.9. The van der Waals surface area contributed by atoms with E-state index in [-0.39, 0.29) is 28.4 Å². The van der Waals surface area contributed by atoms with Gasteiger partial charge < -0.3 is 14.4 Å². The van der Waals surface area contributed by atoms with Crippen molar-refractivity contribution < 1.29 is 23.3 Å². The molecule has 1 unspecified atom stereocenters. The SMILES string of the molecule is C=S1(=O)NC(=O)c2ccc3c(c2)N(C[C@@H]2CC[C@H]2[C@H](C(=O)CCCOC)CCC[C@H](C)[C@H]1C)C[C@@]1(CCCc2cc(Cl)ccc21)CO3. The Morgan fingerprint density at radius 2 is 1.98 bits per heavy atom. The van der Waals surface area contributed by atoms with E-state index in [2.05, 4.69) is 34.5 Å². The fraction of sp³-hybridized carbons (Fsp3) is 0.605. The molecule has 1 fully saturated rings. The first-order valence-electron chi connectivity index (χ1n) is 17.5. The monoisotopic (exact) mass is 682 g/mol. The average molecular weight is 683 g/mol. The van der Waals surface area contributed by atoms with Crippen molar-refractivity contribution in [3.05, 3.63) is 58.1 Å². The molecule has 7 nitrogen and oxygen atoms in total. The second-order valence-electron chi connectivity index (χ2n) is 14.7. The number of hydrogen-bond donors (Lipinski definition) is 1. The lowest BCUT2D eigenvalue weighted by Gasteiger charge is -2.46. The van der Waals surface area contributed by atoms with E-state index in [0.717, 1.165) is 87.3 Å². The predicted molar refractivity (Wildman–Crippen MR) is 191 cm³/mol. The molecule has 2 aliphatic heterocycles. The zero-order valence-electron chi connectivity index (χ0n) is 28.2. The van der Waals surface area contributed by atoms with E-state index in [1.165, 1.54) is 11.1 Å². The number of carbonyl (C=O) groups excluding carboxylic acids is 2. The van der Waals surface area contributed by atoms with E-state index in [9.17, 15) is 13.8 Å². The van der Waals surface area contributed by atoms with Crippen LogP contribution in [0.1, 0.15) is 93.1 Å². The number of anilines is 1. The van der Waals surface area contributed by atoms with Crippen LogP contribution in [0.3, 0.4) is 0 Å². The van der Waals surface area contributed by atoms with Crippen LogP contribution in [0.2, 0.25) is 5.02 Å². The third-order valence-corrected chi connectivity index (χ3v) is 14.2. The van der Waals surface area contributed by atoms with Crippen LogP contribution in [-0.2, 0) is 31.1 Å². The van der Waals surface area contributed by atoms with Gasteiger partial charge in [-0.3, -0.25) is 14.3 Å². The highest BCUT2D eigenvalue weighted by Gasteiger charge is 2.45. The molecule has 0 radical (unpaired) electrons.